The molecule has 6 heteroatoms. The standard InChI is InChI=1S/C25H25N5O/c1-5-15(3)29-16(4)26-23-21(25(29)31)22-24(28-20-13-8-7-12-19(20)27-22)30(23)18-11-9-10-17(6-2)14-18/h7-15H,5-6H2,1-4H3/t15-/m0/s1. The molecule has 1 atom stereocenters. The molecule has 0 saturated heterocycles. The van der Waals surface area contributed by atoms with Gasteiger partial charge in [-0.1, -0.05) is 38.1 Å². The van der Waals surface area contributed by atoms with E-state index in [0.29, 0.717) is 28.0 Å². The molecule has 0 spiro atoms. The third-order valence-electron chi connectivity index (χ3n) is 6.09. The van der Waals surface area contributed by atoms with Crippen molar-refractivity contribution in [1.82, 2.24) is 24.1 Å². The molecule has 2 aromatic carbocycles. The summed E-state index contributed by atoms with van der Waals surface area (Å²) in [5.41, 5.74) is 5.54. The van der Waals surface area contributed by atoms with Crippen molar-refractivity contribution in [2.45, 2.75) is 46.6 Å². The van der Waals surface area contributed by atoms with Crippen LogP contribution >= 0.6 is 0 Å². The van der Waals surface area contributed by atoms with Gasteiger partial charge in [0.15, 0.2) is 11.3 Å². The highest BCUT2D eigenvalue weighted by Gasteiger charge is 2.23. The topological polar surface area (TPSA) is 65.6 Å². The Kier molecular flexibility index (Phi) is 4.58. The van der Waals surface area contributed by atoms with Crippen molar-refractivity contribution in [3.8, 4) is 5.69 Å². The molecule has 0 unspecified atom stereocenters. The minimum absolute atomic E-state index is 0.0552. The smallest absolute Gasteiger partial charge is 0.265 e. The van der Waals surface area contributed by atoms with Crippen LogP contribution in [0, 0.1) is 6.92 Å². The van der Waals surface area contributed by atoms with Gasteiger partial charge in [-0.3, -0.25) is 13.9 Å². The number of hydrogen-bond donors (Lipinski definition) is 0. The lowest BCUT2D eigenvalue weighted by Gasteiger charge is -2.16. The number of nitrogens with zero attached hydrogens (tertiary/aromatic N) is 5. The fourth-order valence-electron chi connectivity index (χ4n) is 4.27. The number of aromatic nitrogens is 5. The third-order valence-corrected chi connectivity index (χ3v) is 6.09. The van der Waals surface area contributed by atoms with Crippen LogP contribution in [-0.4, -0.2) is 24.1 Å². The summed E-state index contributed by atoms with van der Waals surface area (Å²) >= 11 is 0. The summed E-state index contributed by atoms with van der Waals surface area (Å²) in [7, 11) is 0. The lowest BCUT2D eigenvalue weighted by atomic mass is 10.1. The predicted octanol–water partition coefficient (Wildman–Crippen LogP) is 5.13. The molecule has 0 N–H and O–H groups in total. The van der Waals surface area contributed by atoms with Gasteiger partial charge >= 0.3 is 0 Å². The van der Waals surface area contributed by atoms with E-state index in [0.717, 1.165) is 29.6 Å². The van der Waals surface area contributed by atoms with E-state index in [1.54, 1.807) is 4.57 Å². The first kappa shape index (κ1) is 19.4. The fraction of sp³-hybridized carbons (Fsp3) is 0.280. The van der Waals surface area contributed by atoms with Crippen LogP contribution in [-0.2, 0) is 6.42 Å². The molecule has 0 fully saturated rings. The molecule has 3 heterocycles. The molecule has 0 radical (unpaired) electrons. The molecule has 6 nitrogen and oxygen atoms in total. The van der Waals surface area contributed by atoms with Gasteiger partial charge in [0.1, 0.15) is 16.7 Å². The molecule has 3 aromatic heterocycles. The van der Waals surface area contributed by atoms with E-state index < -0.39 is 0 Å². The van der Waals surface area contributed by atoms with Crippen LogP contribution in [0.25, 0.3) is 38.9 Å². The van der Waals surface area contributed by atoms with Crippen LogP contribution in [0.5, 0.6) is 0 Å². The zero-order chi connectivity index (χ0) is 21.7. The van der Waals surface area contributed by atoms with Crippen LogP contribution in [0.1, 0.15) is 44.6 Å². The Labute approximate surface area is 180 Å². The van der Waals surface area contributed by atoms with Crippen LogP contribution in [0.4, 0.5) is 0 Å². The Bertz CT molecular complexity index is 1510. The van der Waals surface area contributed by atoms with Crippen LogP contribution in [0.2, 0.25) is 0 Å². The average Bonchev–Trinajstić information content (AvgIpc) is 3.10. The summed E-state index contributed by atoms with van der Waals surface area (Å²) in [4.78, 5) is 28.4. The number of rotatable bonds is 4. The van der Waals surface area contributed by atoms with Crippen molar-refractivity contribution in [2.24, 2.45) is 0 Å². The number of aryl methyl sites for hydroxylation is 2. The second-order valence-electron chi connectivity index (χ2n) is 8.03. The first-order chi connectivity index (χ1) is 15.0. The van der Waals surface area contributed by atoms with Gasteiger partial charge in [0.05, 0.1) is 11.0 Å². The highest BCUT2D eigenvalue weighted by atomic mass is 16.1. The zero-order valence-corrected chi connectivity index (χ0v) is 18.3. The van der Waals surface area contributed by atoms with E-state index in [-0.39, 0.29) is 11.6 Å². The highest BCUT2D eigenvalue weighted by molar-refractivity contribution is 6.05. The second kappa shape index (κ2) is 7.30. The molecular weight excluding hydrogens is 386 g/mol. The number of para-hydroxylation sites is 2. The first-order valence-electron chi connectivity index (χ1n) is 10.8. The molecule has 0 amide bonds. The molecule has 5 aromatic rings. The third kappa shape index (κ3) is 2.93. The Balaban J connectivity index is 2.01. The van der Waals surface area contributed by atoms with Gasteiger partial charge in [0.25, 0.3) is 5.56 Å². The van der Waals surface area contributed by atoms with Crippen molar-refractivity contribution >= 4 is 33.2 Å². The van der Waals surface area contributed by atoms with Gasteiger partial charge in [0.2, 0.25) is 0 Å². The molecule has 0 aliphatic heterocycles. The van der Waals surface area contributed by atoms with Crippen molar-refractivity contribution in [2.75, 3.05) is 0 Å². The fourth-order valence-corrected chi connectivity index (χ4v) is 4.27. The highest BCUT2D eigenvalue weighted by Crippen LogP contribution is 2.29. The van der Waals surface area contributed by atoms with Crippen LogP contribution < -0.4 is 5.56 Å². The number of hydrogen-bond acceptors (Lipinski definition) is 4. The zero-order valence-electron chi connectivity index (χ0n) is 18.3. The lowest BCUT2D eigenvalue weighted by Crippen LogP contribution is -2.26. The van der Waals surface area contributed by atoms with E-state index >= 15 is 0 Å². The summed E-state index contributed by atoms with van der Waals surface area (Å²) in [5.74, 6) is 0.701. The monoisotopic (exact) mass is 411 g/mol. The summed E-state index contributed by atoms with van der Waals surface area (Å²) in [6, 6.07) is 16.1. The molecular formula is C25H25N5O. The summed E-state index contributed by atoms with van der Waals surface area (Å²) in [6.45, 7) is 8.15. The van der Waals surface area contributed by atoms with Gasteiger partial charge in [-0.25, -0.2) is 15.0 Å². The molecule has 5 rings (SSSR count). The molecule has 31 heavy (non-hydrogen) atoms. The van der Waals surface area contributed by atoms with Crippen LogP contribution in [0.3, 0.4) is 0 Å². The molecule has 0 saturated carbocycles. The Hall–Kier alpha value is -3.54. The normalized spacial score (nSPS) is 12.8. The van der Waals surface area contributed by atoms with Crippen LogP contribution in [0.15, 0.2) is 53.3 Å². The molecule has 0 aliphatic carbocycles. The second-order valence-corrected chi connectivity index (χ2v) is 8.03. The maximum Gasteiger partial charge on any atom is 0.265 e. The average molecular weight is 412 g/mol. The maximum absolute atomic E-state index is 13.7. The Morgan fingerprint density at radius 1 is 0.935 bits per heavy atom. The predicted molar refractivity (Wildman–Crippen MR) is 125 cm³/mol. The number of fused-ring (bicyclic) bond motifs is 4. The quantitative estimate of drug-likeness (QED) is 0.411. The summed E-state index contributed by atoms with van der Waals surface area (Å²) < 4.78 is 3.77. The maximum atomic E-state index is 13.7. The van der Waals surface area contributed by atoms with E-state index in [9.17, 15) is 4.79 Å². The van der Waals surface area contributed by atoms with Gasteiger partial charge in [-0.05, 0) is 56.5 Å². The molecule has 0 aliphatic rings. The Morgan fingerprint density at radius 3 is 2.39 bits per heavy atom. The van der Waals surface area contributed by atoms with E-state index in [1.165, 1.54) is 5.56 Å². The van der Waals surface area contributed by atoms with Crippen molar-refractivity contribution < 1.29 is 0 Å². The molecule has 0 bridgehead atoms. The largest absolute Gasteiger partial charge is 0.293 e. The SMILES string of the molecule is CCc1cccc(-n2c3nc4ccccc4nc3c3c(=O)n([C@@H](C)CC)c(C)nc32)c1. The number of benzene rings is 2. The minimum atomic E-state index is -0.0585. The Morgan fingerprint density at radius 2 is 1.68 bits per heavy atom. The van der Waals surface area contributed by atoms with E-state index in [2.05, 4.69) is 26.0 Å². The lowest BCUT2D eigenvalue weighted by molar-refractivity contribution is 0.497. The van der Waals surface area contributed by atoms with Crippen molar-refractivity contribution in [1.29, 1.82) is 0 Å². The van der Waals surface area contributed by atoms with Gasteiger partial charge < -0.3 is 0 Å². The van der Waals surface area contributed by atoms with Gasteiger partial charge in [-0.15, -0.1) is 0 Å². The van der Waals surface area contributed by atoms with Gasteiger partial charge in [0, 0.05) is 11.7 Å². The van der Waals surface area contributed by atoms with Crippen molar-refractivity contribution in [3.05, 3.63) is 70.3 Å². The van der Waals surface area contributed by atoms with E-state index in [4.69, 9.17) is 15.0 Å². The van der Waals surface area contributed by atoms with Crippen molar-refractivity contribution in [3.63, 3.8) is 0 Å². The minimum Gasteiger partial charge on any atom is -0.293 e. The molecule has 156 valence electrons. The van der Waals surface area contributed by atoms with E-state index in [1.807, 2.05) is 54.8 Å². The summed E-state index contributed by atoms with van der Waals surface area (Å²) in [6.07, 6.45) is 1.77. The first-order valence-corrected chi connectivity index (χ1v) is 10.8. The summed E-state index contributed by atoms with van der Waals surface area (Å²) in [5, 5.41) is 0.529. The van der Waals surface area contributed by atoms with Gasteiger partial charge in [-0.2, -0.15) is 0 Å².